The average molecular weight is 495 g/mol. The van der Waals surface area contributed by atoms with E-state index < -0.39 is 0 Å². The second kappa shape index (κ2) is 19.1. The van der Waals surface area contributed by atoms with Crippen LogP contribution in [0.15, 0.2) is 77.4 Å². The van der Waals surface area contributed by atoms with Gasteiger partial charge < -0.3 is 30.5 Å². The maximum Gasteiger partial charge on any atom is 4.00 e. The van der Waals surface area contributed by atoms with Crippen LogP contribution < -0.4 is 35.2 Å². The second-order valence-electron chi connectivity index (χ2n) is 7.07. The molecule has 0 saturated heterocycles. The quantitative estimate of drug-likeness (QED) is 0.411. The van der Waals surface area contributed by atoms with Crippen molar-refractivity contribution in [1.82, 2.24) is 0 Å². The third-order valence-corrected chi connectivity index (χ3v) is 6.22. The molecule has 2 aromatic carbocycles. The van der Waals surface area contributed by atoms with E-state index in [1.54, 1.807) is 0 Å². The van der Waals surface area contributed by atoms with Gasteiger partial charge >= 0.3 is 21.7 Å². The van der Waals surface area contributed by atoms with Gasteiger partial charge in [0.2, 0.25) is 0 Å². The van der Waals surface area contributed by atoms with E-state index in [1.165, 1.54) is 27.1 Å². The zero-order valence-corrected chi connectivity index (χ0v) is 23.2. The van der Waals surface area contributed by atoms with E-state index in [4.69, 9.17) is 5.73 Å². The molecule has 0 fully saturated rings. The molecule has 3 rings (SSSR count). The van der Waals surface area contributed by atoms with Crippen molar-refractivity contribution in [3.8, 4) is 0 Å². The normalized spacial score (nSPS) is 14.9. The number of allylic oxidation sites excluding steroid dienone is 4. The van der Waals surface area contributed by atoms with E-state index in [0.717, 1.165) is 6.42 Å². The van der Waals surface area contributed by atoms with Gasteiger partial charge in [0.1, 0.15) is 9.52 Å². The molecule has 1 N–H and O–H groups in total. The molecule has 1 aliphatic carbocycles. The number of nitrogens with one attached hydrogen (secondary N) is 1. The zero-order valence-electron chi connectivity index (χ0n) is 19.0. The average Bonchev–Trinajstić information content (AvgIpc) is 2.90. The maximum atomic E-state index is 6.83. The summed E-state index contributed by atoms with van der Waals surface area (Å²) in [6.07, 6.45) is 4.33. The Labute approximate surface area is 214 Å². The fourth-order valence-electron chi connectivity index (χ4n) is 2.45. The SMILES string of the molecule is CC1=[C-]C(C)C(C)=C1C.CCC(C)[NH-].[Cl-].[Cl-].[Ti+4].c1ccc([SiH]c2ccccc2)cc1. The Bertz CT molecular complexity index is 694. The van der Waals surface area contributed by atoms with Crippen molar-refractivity contribution in [1.29, 1.82) is 0 Å². The van der Waals surface area contributed by atoms with Crippen LogP contribution in [-0.2, 0) is 21.7 Å². The van der Waals surface area contributed by atoms with Crippen LogP contribution in [0.25, 0.3) is 5.73 Å². The summed E-state index contributed by atoms with van der Waals surface area (Å²) in [4.78, 5) is 0. The van der Waals surface area contributed by atoms with Gasteiger partial charge in [0.25, 0.3) is 0 Å². The van der Waals surface area contributed by atoms with Gasteiger partial charge in [-0.3, -0.25) is 6.08 Å². The number of hydrogen-bond acceptors (Lipinski definition) is 0. The summed E-state index contributed by atoms with van der Waals surface area (Å²) in [5.41, 5.74) is 11.1. The minimum Gasteiger partial charge on any atom is -1.00 e. The molecule has 0 amide bonds. The maximum absolute atomic E-state index is 6.83. The van der Waals surface area contributed by atoms with Crippen molar-refractivity contribution in [2.24, 2.45) is 5.92 Å². The molecule has 161 valence electrons. The fraction of sp³-hybridized carbons (Fsp3) is 0.360. The van der Waals surface area contributed by atoms with Crippen LogP contribution >= 0.6 is 0 Å². The number of rotatable bonds is 3. The molecule has 1 aliphatic rings. The topological polar surface area (TPSA) is 23.8 Å². The standard InChI is InChI=1S/C12H11Si.C9H13.C4H10N.2ClH.Ti/c1-3-7-11(8-4-1)13-12-9-5-2-6-10-12;1-6-5-7(2)9(4)8(6)3;1-3-4(2)5;;;/h1-10,13H;6H,1-4H3;4-5H,3H2,1-2H3;2*1H;/q;2*-1;;;+4/p-2. The Kier molecular flexibility index (Phi) is 21.7. The first kappa shape index (κ1) is 34.0. The van der Waals surface area contributed by atoms with E-state index in [1.807, 2.05) is 13.8 Å². The molecule has 2 unspecified atom stereocenters. The zero-order chi connectivity index (χ0) is 20.2. The summed E-state index contributed by atoms with van der Waals surface area (Å²) in [6, 6.07) is 21.5. The smallest absolute Gasteiger partial charge is 1.00 e. The molecule has 2 atom stereocenters. The van der Waals surface area contributed by atoms with Crippen molar-refractivity contribution in [3.63, 3.8) is 0 Å². The first-order chi connectivity index (χ1) is 12.8. The third kappa shape index (κ3) is 13.6. The Balaban J connectivity index is -0.000000381. The number of halogens is 2. The van der Waals surface area contributed by atoms with Crippen LogP contribution in [0.5, 0.6) is 0 Å². The molecule has 30 heavy (non-hydrogen) atoms. The van der Waals surface area contributed by atoms with Gasteiger partial charge in [-0.1, -0.05) is 118 Å². The van der Waals surface area contributed by atoms with Crippen molar-refractivity contribution >= 4 is 19.9 Å². The largest absolute Gasteiger partial charge is 4.00 e. The Morgan fingerprint density at radius 1 is 0.900 bits per heavy atom. The Morgan fingerprint density at radius 3 is 1.47 bits per heavy atom. The van der Waals surface area contributed by atoms with E-state index in [-0.39, 0.29) is 62.1 Å². The minimum atomic E-state index is 0. The Hall–Kier alpha value is -0.609. The minimum absolute atomic E-state index is 0. The van der Waals surface area contributed by atoms with Crippen molar-refractivity contribution in [2.75, 3.05) is 0 Å². The van der Waals surface area contributed by atoms with E-state index in [0.29, 0.717) is 5.92 Å². The van der Waals surface area contributed by atoms with Crippen LogP contribution in [0.2, 0.25) is 0 Å². The molecule has 0 bridgehead atoms. The van der Waals surface area contributed by atoms with Crippen LogP contribution in [0.1, 0.15) is 48.0 Å². The fourth-order valence-corrected chi connectivity index (χ4v) is 3.67. The van der Waals surface area contributed by atoms with Gasteiger partial charge in [-0.05, 0) is 0 Å². The summed E-state index contributed by atoms with van der Waals surface area (Å²) in [6.45, 7) is 12.6. The summed E-state index contributed by atoms with van der Waals surface area (Å²) >= 11 is 0. The van der Waals surface area contributed by atoms with Crippen LogP contribution in [0.3, 0.4) is 0 Å². The van der Waals surface area contributed by atoms with Gasteiger partial charge in [0.05, 0.1) is 0 Å². The van der Waals surface area contributed by atoms with Gasteiger partial charge in [-0.2, -0.15) is 11.1 Å². The first-order valence-corrected chi connectivity index (χ1v) is 10.9. The van der Waals surface area contributed by atoms with Gasteiger partial charge in [-0.15, -0.1) is 13.0 Å². The first-order valence-electron chi connectivity index (χ1n) is 9.78. The monoisotopic (exact) mass is 494 g/mol. The third-order valence-electron chi connectivity index (χ3n) is 4.78. The predicted molar refractivity (Wildman–Crippen MR) is 123 cm³/mol. The molecule has 2 aromatic rings. The molecule has 0 heterocycles. The summed E-state index contributed by atoms with van der Waals surface area (Å²) in [5, 5.41) is 2.90. The summed E-state index contributed by atoms with van der Waals surface area (Å²) in [5.74, 6) is 0.560. The van der Waals surface area contributed by atoms with E-state index in [9.17, 15) is 0 Å². The molecular weight excluding hydrogens is 461 g/mol. The van der Waals surface area contributed by atoms with E-state index >= 15 is 0 Å². The summed E-state index contributed by atoms with van der Waals surface area (Å²) in [7, 11) is 0.271. The Morgan fingerprint density at radius 2 is 1.27 bits per heavy atom. The van der Waals surface area contributed by atoms with Gasteiger partial charge in [-0.25, -0.2) is 5.57 Å². The van der Waals surface area contributed by atoms with Crippen LogP contribution in [0.4, 0.5) is 0 Å². The molecule has 0 aromatic heterocycles. The molecular formula is C25H34Cl2NSiTi. The number of hydrogen-bond donors (Lipinski definition) is 0. The molecule has 0 aliphatic heterocycles. The van der Waals surface area contributed by atoms with Crippen molar-refractivity contribution in [3.05, 3.63) is 89.2 Å². The van der Waals surface area contributed by atoms with Crippen molar-refractivity contribution in [2.45, 2.75) is 54.0 Å². The van der Waals surface area contributed by atoms with Gasteiger partial charge in [0, 0.05) is 0 Å². The van der Waals surface area contributed by atoms with E-state index in [2.05, 4.69) is 94.4 Å². The van der Waals surface area contributed by atoms with Gasteiger partial charge in [0.15, 0.2) is 0 Å². The van der Waals surface area contributed by atoms with Crippen LogP contribution in [-0.4, -0.2) is 15.6 Å². The van der Waals surface area contributed by atoms with Crippen molar-refractivity contribution < 1.29 is 46.5 Å². The van der Waals surface area contributed by atoms with Crippen LogP contribution in [0, 0.1) is 12.0 Å². The molecule has 1 nitrogen and oxygen atoms in total. The molecule has 0 saturated carbocycles. The molecule has 1 radical (unpaired) electrons. The number of benzene rings is 2. The predicted octanol–water partition coefficient (Wildman–Crippen LogP) is -0.362. The molecule has 0 spiro atoms. The summed E-state index contributed by atoms with van der Waals surface area (Å²) < 4.78 is 0. The molecule has 5 heteroatoms. The second-order valence-corrected chi connectivity index (χ2v) is 8.70.